The van der Waals surface area contributed by atoms with Gasteiger partial charge in [0.2, 0.25) is 5.91 Å². The Balaban J connectivity index is 1.05. The largest absolute Gasteiger partial charge is 0.506 e. The summed E-state index contributed by atoms with van der Waals surface area (Å²) in [6, 6.07) is 10.4. The molecule has 4 unspecified atom stereocenters. The summed E-state index contributed by atoms with van der Waals surface area (Å²) in [4.78, 5) is 65.0. The lowest BCUT2D eigenvalue weighted by Gasteiger charge is -2.16. The SMILES string of the molecule is O=C(CCCCC1SCC2NC(=O)NC21)NCCc1ccc(O)c(/N=N/c2ccc(C(=O)ON3C(=O)CC(S(=O)(=O)O)C3=O)cc2)c1. The summed E-state index contributed by atoms with van der Waals surface area (Å²) in [5.41, 5.74) is 1.18. The van der Waals surface area contributed by atoms with E-state index in [0.717, 1.165) is 30.6 Å². The van der Waals surface area contributed by atoms with Crippen LogP contribution in [0.1, 0.15) is 48.0 Å². The fraction of sp³-hybridized carbons (Fsp3) is 0.414. The minimum Gasteiger partial charge on any atom is -0.506 e. The van der Waals surface area contributed by atoms with Gasteiger partial charge in [-0.05, 0) is 61.2 Å². The Morgan fingerprint density at radius 1 is 1.06 bits per heavy atom. The van der Waals surface area contributed by atoms with Crippen LogP contribution < -0.4 is 16.0 Å². The highest BCUT2D eigenvalue weighted by Gasteiger charge is 2.48. The standard InChI is InChI=1S/C29H32N6O10S2/c36-21-10-5-16(11-12-30-24(37)4-2-1-3-22-26-20(15-46-22)31-29(41)32-26)13-19(21)34-33-18-8-6-17(7-9-18)28(40)45-35-25(38)14-23(27(35)39)47(42,43)44/h5-10,13,20,22-23,26,36H,1-4,11-12,14-15H2,(H,30,37)(H2,31,32,41)(H,42,43,44)/b34-33+. The second-order valence-electron chi connectivity index (χ2n) is 11.2. The van der Waals surface area contributed by atoms with Crippen LogP contribution in [-0.2, 0) is 35.8 Å². The van der Waals surface area contributed by atoms with E-state index in [1.165, 1.54) is 30.3 Å². The Hall–Kier alpha value is -4.55. The molecule has 2 aromatic carbocycles. The van der Waals surface area contributed by atoms with Gasteiger partial charge in [-0.15, -0.1) is 10.2 Å². The van der Waals surface area contributed by atoms with Crippen LogP contribution in [0.2, 0.25) is 0 Å². The molecule has 3 saturated heterocycles. The first kappa shape index (κ1) is 33.8. The van der Waals surface area contributed by atoms with E-state index in [1.54, 1.807) is 12.1 Å². The van der Waals surface area contributed by atoms with Gasteiger partial charge in [0.1, 0.15) is 11.4 Å². The van der Waals surface area contributed by atoms with Crippen LogP contribution in [-0.4, -0.2) is 87.7 Å². The predicted octanol–water partition coefficient (Wildman–Crippen LogP) is 2.28. The van der Waals surface area contributed by atoms with Crippen LogP contribution in [0.15, 0.2) is 52.7 Å². The van der Waals surface area contributed by atoms with E-state index in [1.807, 2.05) is 11.8 Å². The number of carbonyl (C=O) groups is 5. The van der Waals surface area contributed by atoms with Crippen LogP contribution in [0.3, 0.4) is 0 Å². The van der Waals surface area contributed by atoms with Gasteiger partial charge in [0.15, 0.2) is 5.25 Å². The van der Waals surface area contributed by atoms with Crippen LogP contribution >= 0.6 is 11.8 Å². The molecule has 0 bridgehead atoms. The minimum absolute atomic E-state index is 0.0121. The molecule has 0 spiro atoms. The molecular formula is C29H32N6O10S2. The van der Waals surface area contributed by atoms with Crippen molar-refractivity contribution >= 4 is 63.0 Å². The van der Waals surface area contributed by atoms with Crippen molar-refractivity contribution in [1.29, 1.82) is 0 Å². The van der Waals surface area contributed by atoms with Gasteiger partial charge in [-0.1, -0.05) is 12.5 Å². The maximum atomic E-state index is 12.4. The molecule has 18 heteroatoms. The zero-order chi connectivity index (χ0) is 33.7. The number of imide groups is 1. The summed E-state index contributed by atoms with van der Waals surface area (Å²) < 4.78 is 31.6. The van der Waals surface area contributed by atoms with Crippen molar-refractivity contribution < 1.29 is 46.9 Å². The average Bonchev–Trinajstić information content (AvgIpc) is 3.67. The van der Waals surface area contributed by atoms with Gasteiger partial charge in [0.25, 0.3) is 21.9 Å². The second-order valence-corrected chi connectivity index (χ2v) is 14.0. The highest BCUT2D eigenvalue weighted by Crippen LogP contribution is 2.33. The highest BCUT2D eigenvalue weighted by atomic mass is 32.2. The van der Waals surface area contributed by atoms with E-state index < -0.39 is 39.6 Å². The Morgan fingerprint density at radius 2 is 1.83 bits per heavy atom. The van der Waals surface area contributed by atoms with Gasteiger partial charge >= 0.3 is 12.0 Å². The summed E-state index contributed by atoms with van der Waals surface area (Å²) >= 11 is 1.85. The van der Waals surface area contributed by atoms with Gasteiger partial charge in [-0.2, -0.15) is 25.3 Å². The Kier molecular flexibility index (Phi) is 10.4. The van der Waals surface area contributed by atoms with Crippen LogP contribution in [0, 0.1) is 0 Å². The first-order chi connectivity index (χ1) is 22.4. The lowest BCUT2D eigenvalue weighted by molar-refractivity contribution is -0.172. The van der Waals surface area contributed by atoms with Crippen LogP contribution in [0.25, 0.3) is 0 Å². The fourth-order valence-corrected chi connectivity index (χ4v) is 7.58. The number of rotatable bonds is 13. The van der Waals surface area contributed by atoms with E-state index in [2.05, 4.69) is 26.2 Å². The van der Waals surface area contributed by atoms with Crippen molar-refractivity contribution in [2.45, 2.75) is 61.1 Å². The summed E-state index contributed by atoms with van der Waals surface area (Å²) in [5, 5.41) is 25.5. The molecule has 3 heterocycles. The fourth-order valence-electron chi connectivity index (χ4n) is 5.34. The molecule has 5 amide bonds. The van der Waals surface area contributed by atoms with E-state index in [0.29, 0.717) is 24.6 Å². The molecule has 0 aliphatic carbocycles. The highest BCUT2D eigenvalue weighted by molar-refractivity contribution is 8.00. The third kappa shape index (κ3) is 8.44. The van der Waals surface area contributed by atoms with Gasteiger partial charge < -0.3 is 25.9 Å². The number of hydroxylamine groups is 2. The molecular weight excluding hydrogens is 656 g/mol. The number of hydrogen-bond acceptors (Lipinski definition) is 12. The molecule has 3 aliphatic heterocycles. The molecule has 47 heavy (non-hydrogen) atoms. The molecule has 3 fully saturated rings. The normalized spacial score (nSPS) is 22.3. The predicted molar refractivity (Wildman–Crippen MR) is 167 cm³/mol. The lowest BCUT2D eigenvalue weighted by atomic mass is 10.0. The molecule has 2 aromatic rings. The summed E-state index contributed by atoms with van der Waals surface area (Å²) in [6.45, 7) is 0.392. The number of nitrogens with one attached hydrogen (secondary N) is 3. The van der Waals surface area contributed by atoms with Crippen molar-refractivity contribution in [1.82, 2.24) is 21.0 Å². The number of azo groups is 1. The summed E-state index contributed by atoms with van der Waals surface area (Å²) in [5.74, 6) is -2.85. The first-order valence-corrected chi connectivity index (χ1v) is 17.3. The number of amides is 5. The molecule has 0 aromatic heterocycles. The number of carbonyl (C=O) groups excluding carboxylic acids is 5. The Labute approximate surface area is 273 Å². The topological polar surface area (TPSA) is 233 Å². The number of urea groups is 1. The van der Waals surface area contributed by atoms with Crippen molar-refractivity contribution in [2.75, 3.05) is 12.3 Å². The number of aromatic hydroxyl groups is 1. The molecule has 4 atom stereocenters. The van der Waals surface area contributed by atoms with Gasteiger partial charge in [0.05, 0.1) is 29.8 Å². The molecule has 16 nitrogen and oxygen atoms in total. The third-order valence-electron chi connectivity index (χ3n) is 7.83. The lowest BCUT2D eigenvalue weighted by Crippen LogP contribution is -2.36. The van der Waals surface area contributed by atoms with E-state index in [4.69, 9.17) is 9.39 Å². The quantitative estimate of drug-likeness (QED) is 0.0673. The molecule has 250 valence electrons. The van der Waals surface area contributed by atoms with Gasteiger partial charge in [-0.3, -0.25) is 18.9 Å². The first-order valence-electron chi connectivity index (χ1n) is 14.7. The number of unbranched alkanes of at least 4 members (excludes halogenated alkanes) is 1. The number of thioether (sulfide) groups is 1. The van der Waals surface area contributed by atoms with Crippen LogP contribution in [0.5, 0.6) is 5.75 Å². The van der Waals surface area contributed by atoms with Crippen LogP contribution in [0.4, 0.5) is 16.2 Å². The Morgan fingerprint density at radius 3 is 2.55 bits per heavy atom. The zero-order valence-corrected chi connectivity index (χ0v) is 26.5. The van der Waals surface area contributed by atoms with E-state index >= 15 is 0 Å². The van der Waals surface area contributed by atoms with Crippen molar-refractivity contribution in [2.24, 2.45) is 10.2 Å². The molecule has 5 N–H and O–H groups in total. The number of phenolic OH excluding ortho intramolecular Hbond substituents is 1. The molecule has 0 radical (unpaired) electrons. The second kappa shape index (κ2) is 14.5. The maximum Gasteiger partial charge on any atom is 0.363 e. The summed E-state index contributed by atoms with van der Waals surface area (Å²) in [7, 11) is -4.85. The monoisotopic (exact) mass is 688 g/mol. The number of benzene rings is 2. The molecule has 3 aliphatic rings. The average molecular weight is 689 g/mol. The van der Waals surface area contributed by atoms with E-state index in [-0.39, 0.29) is 51.8 Å². The van der Waals surface area contributed by atoms with Gasteiger partial charge in [0, 0.05) is 24.0 Å². The third-order valence-corrected chi connectivity index (χ3v) is 10.4. The van der Waals surface area contributed by atoms with Crippen molar-refractivity contribution in [3.8, 4) is 5.75 Å². The van der Waals surface area contributed by atoms with Crippen molar-refractivity contribution in [3.05, 3.63) is 53.6 Å². The number of hydrogen-bond donors (Lipinski definition) is 5. The number of nitrogens with zero attached hydrogens (tertiary/aromatic N) is 3. The number of phenols is 1. The Bertz CT molecular complexity index is 1700. The summed E-state index contributed by atoms with van der Waals surface area (Å²) in [6.07, 6.45) is 2.63. The van der Waals surface area contributed by atoms with Gasteiger partial charge in [-0.25, -0.2) is 9.59 Å². The molecule has 0 saturated carbocycles. The zero-order valence-electron chi connectivity index (χ0n) is 24.8. The molecule has 5 rings (SSSR count). The minimum atomic E-state index is -4.85. The maximum absolute atomic E-state index is 12.4. The van der Waals surface area contributed by atoms with Crippen molar-refractivity contribution in [3.63, 3.8) is 0 Å². The number of fused-ring (bicyclic) bond motifs is 1. The van der Waals surface area contributed by atoms with E-state index in [9.17, 15) is 37.5 Å². The smallest absolute Gasteiger partial charge is 0.363 e.